The molecule has 2 N–H and O–H groups in total. The second-order valence-electron chi connectivity index (χ2n) is 9.13. The summed E-state index contributed by atoms with van der Waals surface area (Å²) in [6.45, 7) is 1.87. The van der Waals surface area contributed by atoms with Crippen LogP contribution in [0, 0.1) is 30.0 Å². The number of fused-ring (bicyclic) bond motifs is 1. The normalized spacial score (nSPS) is 27.9. The van der Waals surface area contributed by atoms with Crippen molar-refractivity contribution >= 4 is 17.4 Å². The second-order valence-corrected chi connectivity index (χ2v) is 9.13. The van der Waals surface area contributed by atoms with Gasteiger partial charge in [-0.3, -0.25) is 9.79 Å². The molecule has 1 aromatic carbocycles. The molecule has 176 valence electrons. The minimum absolute atomic E-state index is 0.0797. The third kappa shape index (κ3) is 3.90. The van der Waals surface area contributed by atoms with Crippen LogP contribution in [0.4, 0.5) is 14.6 Å². The molecule has 3 heterocycles. The van der Waals surface area contributed by atoms with Gasteiger partial charge < -0.3 is 15.3 Å². The Kier molecular flexibility index (Phi) is 5.73. The van der Waals surface area contributed by atoms with Gasteiger partial charge in [-0.1, -0.05) is 6.07 Å². The van der Waals surface area contributed by atoms with Crippen molar-refractivity contribution in [3.8, 4) is 6.07 Å². The van der Waals surface area contributed by atoms with E-state index < -0.39 is 36.1 Å². The molecule has 0 bridgehead atoms. The van der Waals surface area contributed by atoms with Gasteiger partial charge in [-0.05, 0) is 43.0 Å². The molecular formula is C24H24F2N6O2. The first-order valence-corrected chi connectivity index (χ1v) is 11.3. The summed E-state index contributed by atoms with van der Waals surface area (Å²) < 4.78 is 28.5. The summed E-state index contributed by atoms with van der Waals surface area (Å²) in [7, 11) is 0. The number of likely N-dealkylation sites (tertiary alicyclic amines) is 1. The van der Waals surface area contributed by atoms with Crippen molar-refractivity contribution in [1.29, 1.82) is 5.26 Å². The minimum Gasteiger partial charge on any atom is -0.391 e. The third-order valence-electron chi connectivity index (χ3n) is 6.90. The van der Waals surface area contributed by atoms with Crippen LogP contribution in [-0.2, 0) is 11.3 Å². The van der Waals surface area contributed by atoms with E-state index in [2.05, 4.69) is 26.3 Å². The number of aryl methyl sites for hydroxylation is 1. The molecule has 5 rings (SSSR count). The van der Waals surface area contributed by atoms with Crippen molar-refractivity contribution in [2.24, 2.45) is 10.9 Å². The van der Waals surface area contributed by atoms with Crippen LogP contribution in [0.15, 0.2) is 29.5 Å². The number of aliphatic imine (C=N–C) groups is 1. The number of halogens is 2. The van der Waals surface area contributed by atoms with Crippen LogP contribution >= 0.6 is 0 Å². The summed E-state index contributed by atoms with van der Waals surface area (Å²) in [5.41, 5.74) is 2.46. The number of aromatic nitrogens is 2. The van der Waals surface area contributed by atoms with E-state index in [0.29, 0.717) is 35.5 Å². The highest BCUT2D eigenvalue weighted by molar-refractivity contribution is 6.47. The van der Waals surface area contributed by atoms with Gasteiger partial charge in [-0.2, -0.15) is 5.26 Å². The van der Waals surface area contributed by atoms with Crippen molar-refractivity contribution in [2.45, 2.75) is 57.1 Å². The number of nitrogens with one attached hydrogen (secondary N) is 1. The number of anilines is 1. The Bertz CT molecular complexity index is 1210. The first-order valence-electron chi connectivity index (χ1n) is 11.3. The van der Waals surface area contributed by atoms with Crippen molar-refractivity contribution in [3.63, 3.8) is 0 Å². The van der Waals surface area contributed by atoms with Crippen LogP contribution in [0.1, 0.15) is 47.7 Å². The Morgan fingerprint density at radius 1 is 1.29 bits per heavy atom. The van der Waals surface area contributed by atoms with E-state index in [1.165, 1.54) is 23.4 Å². The maximum absolute atomic E-state index is 14.5. The van der Waals surface area contributed by atoms with Gasteiger partial charge in [-0.25, -0.2) is 18.7 Å². The highest BCUT2D eigenvalue weighted by atomic mass is 19.1. The molecule has 34 heavy (non-hydrogen) atoms. The Morgan fingerprint density at radius 2 is 2.12 bits per heavy atom. The first kappa shape index (κ1) is 22.3. The number of nitriles is 1. The van der Waals surface area contributed by atoms with Crippen LogP contribution < -0.4 is 5.32 Å². The van der Waals surface area contributed by atoms with Gasteiger partial charge in [0.25, 0.3) is 5.91 Å². The maximum atomic E-state index is 14.5. The van der Waals surface area contributed by atoms with E-state index in [1.807, 2.05) is 6.92 Å². The van der Waals surface area contributed by atoms with Gasteiger partial charge in [0.1, 0.15) is 29.8 Å². The average molecular weight is 466 g/mol. The fourth-order valence-electron chi connectivity index (χ4n) is 5.17. The molecule has 0 radical (unpaired) electrons. The summed E-state index contributed by atoms with van der Waals surface area (Å²) in [6.07, 6.45) is 0.295. The largest absolute Gasteiger partial charge is 0.391 e. The lowest BCUT2D eigenvalue weighted by molar-refractivity contribution is -0.125. The number of rotatable bonds is 4. The molecule has 1 amide bonds. The Labute approximate surface area is 195 Å². The number of aliphatic hydroxyl groups is 1. The van der Waals surface area contributed by atoms with Crippen molar-refractivity contribution < 1.29 is 18.7 Å². The first-order chi connectivity index (χ1) is 16.4. The van der Waals surface area contributed by atoms with Gasteiger partial charge in [0.05, 0.1) is 54.5 Å². The maximum Gasteiger partial charge on any atom is 0.273 e. The number of hydrogen-bond acceptors (Lipinski definition) is 7. The third-order valence-corrected chi connectivity index (χ3v) is 6.90. The van der Waals surface area contributed by atoms with Gasteiger partial charge in [0, 0.05) is 6.42 Å². The SMILES string of the molecule is Cc1ccc(F)cc1[C@H]1C[C@H](F)CN1C(=O)C1=NCc2ncnc(N[C@@H]3C[C@@H](C#N)C[C@H]3O)c21. The van der Waals surface area contributed by atoms with Crippen molar-refractivity contribution in [1.82, 2.24) is 14.9 Å². The number of amides is 1. The van der Waals surface area contributed by atoms with E-state index in [9.17, 15) is 23.9 Å². The molecule has 2 aliphatic heterocycles. The molecule has 0 spiro atoms. The lowest BCUT2D eigenvalue weighted by Crippen LogP contribution is -2.38. The number of hydrogen-bond donors (Lipinski definition) is 2. The smallest absolute Gasteiger partial charge is 0.273 e. The lowest BCUT2D eigenvalue weighted by atomic mass is 9.98. The molecule has 2 fully saturated rings. The lowest BCUT2D eigenvalue weighted by Gasteiger charge is -2.26. The molecule has 1 saturated heterocycles. The Hall–Kier alpha value is -3.45. The molecule has 0 unspecified atom stereocenters. The van der Waals surface area contributed by atoms with Crippen LogP contribution in [0.25, 0.3) is 0 Å². The molecule has 1 saturated carbocycles. The zero-order valence-electron chi connectivity index (χ0n) is 18.6. The Morgan fingerprint density at radius 3 is 2.88 bits per heavy atom. The average Bonchev–Trinajstić information content (AvgIpc) is 3.52. The molecular weight excluding hydrogens is 442 g/mol. The molecule has 2 aromatic rings. The highest BCUT2D eigenvalue weighted by Crippen LogP contribution is 2.37. The predicted octanol–water partition coefficient (Wildman–Crippen LogP) is 2.61. The van der Waals surface area contributed by atoms with Gasteiger partial charge in [-0.15, -0.1) is 0 Å². The van der Waals surface area contributed by atoms with Crippen molar-refractivity contribution in [3.05, 3.63) is 52.7 Å². The summed E-state index contributed by atoms with van der Waals surface area (Å²) in [4.78, 5) is 28.0. The molecule has 10 heteroatoms. The number of nitrogens with zero attached hydrogens (tertiary/aromatic N) is 5. The fourth-order valence-corrected chi connectivity index (χ4v) is 5.17. The highest BCUT2D eigenvalue weighted by Gasteiger charge is 2.41. The number of benzene rings is 1. The standard InChI is InChI=1S/C24H24F2N6O2/c1-12-2-3-14(25)6-16(12)19-7-15(26)10-32(19)24(34)22-21-18(9-28-22)29-11-30-23(21)31-17-4-13(8-27)5-20(17)33/h2-3,6,11,13,15,17,19-20,33H,4-5,7,9-10H2,1H3,(H,29,30,31)/t13-,15+,17-,19-,20-/m1/s1. The van der Waals surface area contributed by atoms with E-state index in [0.717, 1.165) is 5.56 Å². The summed E-state index contributed by atoms with van der Waals surface area (Å²) in [6, 6.07) is 5.49. The summed E-state index contributed by atoms with van der Waals surface area (Å²) in [5.74, 6) is -0.818. The quantitative estimate of drug-likeness (QED) is 0.716. The predicted molar refractivity (Wildman–Crippen MR) is 119 cm³/mol. The summed E-state index contributed by atoms with van der Waals surface area (Å²) in [5, 5.41) is 22.7. The van der Waals surface area contributed by atoms with Gasteiger partial charge in [0.2, 0.25) is 0 Å². The molecule has 5 atom stereocenters. The minimum atomic E-state index is -1.24. The Balaban J connectivity index is 1.45. The zero-order chi connectivity index (χ0) is 24.0. The van der Waals surface area contributed by atoms with E-state index in [-0.39, 0.29) is 31.1 Å². The molecule has 8 nitrogen and oxygen atoms in total. The fraction of sp³-hybridized carbons (Fsp3) is 0.458. The zero-order valence-corrected chi connectivity index (χ0v) is 18.6. The van der Waals surface area contributed by atoms with Crippen LogP contribution in [0.5, 0.6) is 0 Å². The summed E-state index contributed by atoms with van der Waals surface area (Å²) >= 11 is 0. The number of aliphatic hydroxyl groups excluding tert-OH is 1. The van der Waals surface area contributed by atoms with Crippen LogP contribution in [0.3, 0.4) is 0 Å². The van der Waals surface area contributed by atoms with E-state index in [1.54, 1.807) is 6.07 Å². The van der Waals surface area contributed by atoms with Crippen molar-refractivity contribution in [2.75, 3.05) is 11.9 Å². The van der Waals surface area contributed by atoms with Crippen LogP contribution in [0.2, 0.25) is 0 Å². The number of carbonyl (C=O) groups is 1. The van der Waals surface area contributed by atoms with Crippen LogP contribution in [-0.4, -0.2) is 56.5 Å². The molecule has 1 aliphatic carbocycles. The monoisotopic (exact) mass is 466 g/mol. The van der Waals surface area contributed by atoms with Gasteiger partial charge >= 0.3 is 0 Å². The van der Waals surface area contributed by atoms with E-state index in [4.69, 9.17) is 0 Å². The topological polar surface area (TPSA) is 115 Å². The molecule has 3 aliphatic rings. The second kappa shape index (κ2) is 8.72. The van der Waals surface area contributed by atoms with E-state index >= 15 is 0 Å². The number of carbonyl (C=O) groups excluding carboxylic acids is 1. The van der Waals surface area contributed by atoms with Gasteiger partial charge in [0.15, 0.2) is 0 Å². The molecule has 1 aromatic heterocycles. The number of alkyl halides is 1.